The Kier molecular flexibility index (Phi) is 6.97. The van der Waals surface area contributed by atoms with Crippen LogP contribution in [0.2, 0.25) is 5.02 Å². The highest BCUT2D eigenvalue weighted by Crippen LogP contribution is 2.32. The summed E-state index contributed by atoms with van der Waals surface area (Å²) in [5.41, 5.74) is 2.94. The first-order chi connectivity index (χ1) is 12.5. The van der Waals surface area contributed by atoms with Crippen LogP contribution >= 0.6 is 11.6 Å². The third kappa shape index (κ3) is 4.95. The van der Waals surface area contributed by atoms with E-state index in [1.54, 1.807) is 18.3 Å². The first kappa shape index (κ1) is 19.7. The minimum absolute atomic E-state index is 0.0173. The number of hydrogen-bond donors (Lipinski definition) is 1. The van der Waals surface area contributed by atoms with Gasteiger partial charge in [-0.25, -0.2) is 0 Å². The van der Waals surface area contributed by atoms with E-state index in [1.165, 1.54) is 0 Å². The number of aliphatic carboxylic acids is 1. The third-order valence-corrected chi connectivity index (χ3v) is 3.82. The van der Waals surface area contributed by atoms with E-state index in [2.05, 4.69) is 10.1 Å². The summed E-state index contributed by atoms with van der Waals surface area (Å²) in [5, 5.41) is 13.8. The molecule has 6 nitrogen and oxygen atoms in total. The van der Waals surface area contributed by atoms with Crippen molar-refractivity contribution >= 4 is 28.5 Å². The highest BCUT2D eigenvalue weighted by atomic mass is 35.5. The first-order valence-corrected chi connectivity index (χ1v) is 8.74. The Balaban J connectivity index is 0.00000117. The van der Waals surface area contributed by atoms with Gasteiger partial charge in [0.25, 0.3) is 0 Å². The SMILES string of the molecule is CC.Cc1ccc(COc2cc3onc(CCC(=O)O)c3cc2Cl)nc1. The second kappa shape index (κ2) is 9.20. The molecule has 0 fully saturated rings. The molecule has 7 heteroatoms. The molecule has 0 aliphatic heterocycles. The number of hydrogen-bond acceptors (Lipinski definition) is 5. The number of rotatable bonds is 6. The van der Waals surface area contributed by atoms with Crippen LogP contribution in [0.5, 0.6) is 5.75 Å². The van der Waals surface area contributed by atoms with Gasteiger partial charge in [-0.15, -0.1) is 0 Å². The van der Waals surface area contributed by atoms with Gasteiger partial charge in [-0.3, -0.25) is 9.78 Å². The van der Waals surface area contributed by atoms with E-state index in [-0.39, 0.29) is 19.4 Å². The van der Waals surface area contributed by atoms with Crippen molar-refractivity contribution in [3.8, 4) is 5.75 Å². The summed E-state index contributed by atoms with van der Waals surface area (Å²) in [5.74, 6) is -0.421. The lowest BCUT2D eigenvalue weighted by Gasteiger charge is -2.07. The largest absolute Gasteiger partial charge is 0.486 e. The van der Waals surface area contributed by atoms with E-state index < -0.39 is 5.97 Å². The molecule has 1 N–H and O–H groups in total. The van der Waals surface area contributed by atoms with Gasteiger partial charge < -0.3 is 14.4 Å². The molecule has 2 heterocycles. The summed E-state index contributed by atoms with van der Waals surface area (Å²) in [7, 11) is 0. The van der Waals surface area contributed by atoms with Crippen LogP contribution in [0.4, 0.5) is 0 Å². The average Bonchev–Trinajstić information content (AvgIpc) is 3.02. The summed E-state index contributed by atoms with van der Waals surface area (Å²) in [6, 6.07) is 7.19. The molecule has 0 radical (unpaired) electrons. The fourth-order valence-corrected chi connectivity index (χ4v) is 2.46. The molecule has 0 unspecified atom stereocenters. The van der Waals surface area contributed by atoms with Gasteiger partial charge in [0.1, 0.15) is 12.4 Å². The summed E-state index contributed by atoms with van der Waals surface area (Å²) >= 11 is 6.26. The van der Waals surface area contributed by atoms with Crippen LogP contribution < -0.4 is 4.74 Å². The van der Waals surface area contributed by atoms with Crippen molar-refractivity contribution in [1.82, 2.24) is 10.1 Å². The summed E-state index contributed by atoms with van der Waals surface area (Å²) in [4.78, 5) is 15.0. The van der Waals surface area contributed by atoms with Crippen molar-refractivity contribution in [2.24, 2.45) is 0 Å². The minimum Gasteiger partial charge on any atom is -0.486 e. The lowest BCUT2D eigenvalue weighted by atomic mass is 10.1. The molecule has 3 aromatic rings. The predicted molar refractivity (Wildman–Crippen MR) is 99.6 cm³/mol. The van der Waals surface area contributed by atoms with E-state index in [0.717, 1.165) is 11.3 Å². The molecular formula is C19H21ClN2O4. The van der Waals surface area contributed by atoms with Crippen molar-refractivity contribution in [2.45, 2.75) is 40.2 Å². The van der Waals surface area contributed by atoms with E-state index in [9.17, 15) is 4.79 Å². The second-order valence-corrected chi connectivity index (χ2v) is 5.82. The monoisotopic (exact) mass is 376 g/mol. The number of pyridine rings is 1. The second-order valence-electron chi connectivity index (χ2n) is 5.42. The normalized spacial score (nSPS) is 10.3. The molecule has 3 rings (SSSR count). The van der Waals surface area contributed by atoms with Gasteiger partial charge in [0, 0.05) is 24.1 Å². The zero-order valence-electron chi connectivity index (χ0n) is 15.0. The Labute approximate surface area is 156 Å². The third-order valence-electron chi connectivity index (χ3n) is 3.52. The molecule has 0 atom stereocenters. The minimum atomic E-state index is -0.886. The molecule has 0 saturated carbocycles. The molecule has 26 heavy (non-hydrogen) atoms. The Bertz CT molecular complexity index is 875. The molecule has 0 aliphatic carbocycles. The van der Waals surface area contributed by atoms with Gasteiger partial charge in [-0.05, 0) is 24.6 Å². The maximum atomic E-state index is 10.7. The molecule has 138 valence electrons. The molecule has 0 amide bonds. The van der Waals surface area contributed by atoms with Crippen molar-refractivity contribution in [3.05, 3.63) is 52.4 Å². The van der Waals surface area contributed by atoms with Gasteiger partial charge in [-0.1, -0.05) is 36.7 Å². The number of ether oxygens (including phenoxy) is 1. The zero-order valence-corrected chi connectivity index (χ0v) is 15.7. The number of carboxylic acid groups (broad SMARTS) is 1. The molecule has 1 aromatic carbocycles. The van der Waals surface area contributed by atoms with E-state index >= 15 is 0 Å². The van der Waals surface area contributed by atoms with Crippen LogP contribution in [0.1, 0.15) is 37.2 Å². The smallest absolute Gasteiger partial charge is 0.303 e. The number of fused-ring (bicyclic) bond motifs is 1. The number of aromatic nitrogens is 2. The van der Waals surface area contributed by atoms with Gasteiger partial charge in [0.05, 0.1) is 22.8 Å². The first-order valence-electron chi connectivity index (χ1n) is 8.37. The van der Waals surface area contributed by atoms with Gasteiger partial charge in [0.15, 0.2) is 5.58 Å². The van der Waals surface area contributed by atoms with Crippen LogP contribution in [0.3, 0.4) is 0 Å². The highest BCUT2D eigenvalue weighted by molar-refractivity contribution is 6.32. The standard InChI is InChI=1S/C17H15ClN2O4.C2H6/c1-10-2-3-11(19-8-10)9-23-16-7-15-12(6-13(16)18)14(20-24-15)4-5-17(21)22;1-2/h2-3,6-8H,4-5,9H2,1H3,(H,21,22);1-2H3. The van der Waals surface area contributed by atoms with Gasteiger partial charge >= 0.3 is 5.97 Å². The van der Waals surface area contributed by atoms with Crippen molar-refractivity contribution in [2.75, 3.05) is 0 Å². The summed E-state index contributed by atoms with van der Waals surface area (Å²) in [6.45, 7) is 6.25. The van der Waals surface area contributed by atoms with Crippen LogP contribution in [0.25, 0.3) is 11.0 Å². The summed E-state index contributed by atoms with van der Waals surface area (Å²) < 4.78 is 10.9. The molecular weight excluding hydrogens is 356 g/mol. The Morgan fingerprint density at radius 3 is 2.73 bits per heavy atom. The van der Waals surface area contributed by atoms with Crippen LogP contribution in [-0.2, 0) is 17.8 Å². The molecule has 0 saturated heterocycles. The molecule has 0 bridgehead atoms. The fraction of sp³-hybridized carbons (Fsp3) is 0.316. The zero-order chi connectivity index (χ0) is 19.1. The summed E-state index contributed by atoms with van der Waals surface area (Å²) in [6.07, 6.45) is 2.04. The Hall–Kier alpha value is -2.60. The maximum Gasteiger partial charge on any atom is 0.303 e. The van der Waals surface area contributed by atoms with Crippen LogP contribution in [0, 0.1) is 6.92 Å². The number of benzene rings is 1. The quantitative estimate of drug-likeness (QED) is 0.664. The number of nitrogens with zero attached hydrogens (tertiary/aromatic N) is 2. The van der Waals surface area contributed by atoms with E-state index in [1.807, 2.05) is 32.9 Å². The Morgan fingerprint density at radius 2 is 2.08 bits per heavy atom. The fourth-order valence-electron chi connectivity index (χ4n) is 2.24. The highest BCUT2D eigenvalue weighted by Gasteiger charge is 2.14. The molecule has 0 spiro atoms. The van der Waals surface area contributed by atoms with Crippen LogP contribution in [0.15, 0.2) is 35.0 Å². The van der Waals surface area contributed by atoms with Gasteiger partial charge in [0.2, 0.25) is 0 Å². The molecule has 0 aliphatic rings. The van der Waals surface area contributed by atoms with Gasteiger partial charge in [-0.2, -0.15) is 0 Å². The number of halogens is 1. The average molecular weight is 377 g/mol. The number of aryl methyl sites for hydroxylation is 2. The molecule has 2 aromatic heterocycles. The van der Waals surface area contributed by atoms with Crippen molar-refractivity contribution in [1.29, 1.82) is 0 Å². The predicted octanol–water partition coefficient (Wildman–Crippen LogP) is 4.81. The Morgan fingerprint density at radius 1 is 1.31 bits per heavy atom. The topological polar surface area (TPSA) is 85.5 Å². The van der Waals surface area contributed by atoms with Crippen molar-refractivity contribution < 1.29 is 19.2 Å². The lowest BCUT2D eigenvalue weighted by Crippen LogP contribution is -1.99. The van der Waals surface area contributed by atoms with E-state index in [4.69, 9.17) is 26.0 Å². The lowest BCUT2D eigenvalue weighted by molar-refractivity contribution is -0.136. The van der Waals surface area contributed by atoms with E-state index in [0.29, 0.717) is 27.4 Å². The van der Waals surface area contributed by atoms with Crippen LogP contribution in [-0.4, -0.2) is 21.2 Å². The number of carbonyl (C=O) groups is 1. The maximum absolute atomic E-state index is 10.7. The number of carboxylic acids is 1. The van der Waals surface area contributed by atoms with Crippen molar-refractivity contribution in [3.63, 3.8) is 0 Å².